The lowest BCUT2D eigenvalue weighted by Crippen LogP contribution is -2.21. The van der Waals surface area contributed by atoms with Gasteiger partial charge in [-0.15, -0.1) is 0 Å². The third kappa shape index (κ3) is 6.31. The molecule has 0 spiro atoms. The van der Waals surface area contributed by atoms with Crippen LogP contribution in [0.2, 0.25) is 0 Å². The number of carbonyl (C=O) groups excluding carboxylic acids is 3. The van der Waals surface area contributed by atoms with Crippen LogP contribution in [0.1, 0.15) is 37.8 Å². The molecule has 0 aliphatic carbocycles. The molecule has 35 heavy (non-hydrogen) atoms. The molecule has 0 aromatic heterocycles. The van der Waals surface area contributed by atoms with Crippen molar-refractivity contribution in [1.82, 2.24) is 0 Å². The highest BCUT2D eigenvalue weighted by Crippen LogP contribution is 2.26. The van der Waals surface area contributed by atoms with Crippen LogP contribution in [0.15, 0.2) is 114 Å². The van der Waals surface area contributed by atoms with Crippen LogP contribution in [0.4, 0.5) is 0 Å². The molecular formula is C29H21BrO5. The van der Waals surface area contributed by atoms with Crippen molar-refractivity contribution in [2.75, 3.05) is 6.61 Å². The predicted octanol–water partition coefficient (Wildman–Crippen LogP) is 6.23. The Bertz CT molecular complexity index is 1260. The van der Waals surface area contributed by atoms with Crippen LogP contribution in [0, 0.1) is 0 Å². The highest BCUT2D eigenvalue weighted by molar-refractivity contribution is 9.10. The standard InChI is InChI=1S/C29H21BrO5/c30-24-15-11-23(12-16-24)28(32)35-25-17-13-20(14-18-25)26(31)19-34-29(33)27(21-7-3-1-4-8-21)22-9-5-2-6-10-22/h1-18,27H,19H2. The first-order valence-corrected chi connectivity index (χ1v) is 11.7. The molecule has 4 rings (SSSR count). The maximum Gasteiger partial charge on any atom is 0.343 e. The smallest absolute Gasteiger partial charge is 0.343 e. The Balaban J connectivity index is 1.39. The van der Waals surface area contributed by atoms with Crippen LogP contribution < -0.4 is 4.74 Å². The van der Waals surface area contributed by atoms with Crippen LogP contribution in [0.5, 0.6) is 5.75 Å². The molecular weight excluding hydrogens is 508 g/mol. The van der Waals surface area contributed by atoms with Crippen molar-refractivity contribution in [2.45, 2.75) is 5.92 Å². The van der Waals surface area contributed by atoms with E-state index in [4.69, 9.17) is 9.47 Å². The monoisotopic (exact) mass is 528 g/mol. The summed E-state index contributed by atoms with van der Waals surface area (Å²) in [4.78, 5) is 37.9. The molecule has 0 saturated carbocycles. The van der Waals surface area contributed by atoms with E-state index >= 15 is 0 Å². The number of hydrogen-bond acceptors (Lipinski definition) is 5. The second-order valence-corrected chi connectivity index (χ2v) is 8.62. The van der Waals surface area contributed by atoms with E-state index in [-0.39, 0.29) is 5.78 Å². The molecule has 0 bridgehead atoms. The second-order valence-electron chi connectivity index (χ2n) is 7.71. The predicted molar refractivity (Wildman–Crippen MR) is 136 cm³/mol. The molecule has 0 radical (unpaired) electrons. The van der Waals surface area contributed by atoms with Gasteiger partial charge >= 0.3 is 11.9 Å². The zero-order chi connectivity index (χ0) is 24.6. The topological polar surface area (TPSA) is 69.7 Å². The van der Waals surface area contributed by atoms with Gasteiger partial charge in [-0.3, -0.25) is 9.59 Å². The quantitative estimate of drug-likeness (QED) is 0.154. The lowest BCUT2D eigenvalue weighted by molar-refractivity contribution is -0.143. The molecule has 0 aliphatic rings. The summed E-state index contributed by atoms with van der Waals surface area (Å²) in [5, 5.41) is 0. The number of benzene rings is 4. The minimum Gasteiger partial charge on any atom is -0.457 e. The molecule has 4 aromatic carbocycles. The minimum atomic E-state index is -0.634. The molecule has 0 heterocycles. The molecule has 0 fully saturated rings. The lowest BCUT2D eigenvalue weighted by Gasteiger charge is -2.17. The van der Waals surface area contributed by atoms with Crippen LogP contribution >= 0.6 is 15.9 Å². The van der Waals surface area contributed by atoms with Crippen molar-refractivity contribution in [3.05, 3.63) is 136 Å². The fourth-order valence-electron chi connectivity index (χ4n) is 3.52. The average Bonchev–Trinajstić information content (AvgIpc) is 2.89. The normalized spacial score (nSPS) is 10.6. The van der Waals surface area contributed by atoms with Crippen molar-refractivity contribution in [2.24, 2.45) is 0 Å². The number of Topliss-reactive ketones (excluding diaryl/α,β-unsaturated/α-hetero) is 1. The molecule has 174 valence electrons. The van der Waals surface area contributed by atoms with E-state index in [0.29, 0.717) is 16.9 Å². The number of halogens is 1. The Labute approximate surface area is 211 Å². The molecule has 0 saturated heterocycles. The fraction of sp³-hybridized carbons (Fsp3) is 0.0690. The first kappa shape index (κ1) is 24.1. The van der Waals surface area contributed by atoms with Gasteiger partial charge in [0.2, 0.25) is 0 Å². The first-order chi connectivity index (χ1) is 17.0. The first-order valence-electron chi connectivity index (χ1n) is 10.9. The lowest BCUT2D eigenvalue weighted by atomic mass is 9.91. The third-order valence-corrected chi connectivity index (χ3v) is 5.84. The molecule has 5 nitrogen and oxygen atoms in total. The van der Waals surface area contributed by atoms with Gasteiger partial charge in [0.15, 0.2) is 12.4 Å². The van der Waals surface area contributed by atoms with E-state index in [9.17, 15) is 14.4 Å². The zero-order valence-electron chi connectivity index (χ0n) is 18.6. The van der Waals surface area contributed by atoms with Crippen LogP contribution in [0.3, 0.4) is 0 Å². The number of carbonyl (C=O) groups is 3. The fourth-order valence-corrected chi connectivity index (χ4v) is 3.78. The highest BCUT2D eigenvalue weighted by atomic mass is 79.9. The van der Waals surface area contributed by atoms with E-state index in [1.165, 1.54) is 24.3 Å². The van der Waals surface area contributed by atoms with Crippen LogP contribution in [0.25, 0.3) is 0 Å². The molecule has 0 N–H and O–H groups in total. The van der Waals surface area contributed by atoms with Gasteiger partial charge in [-0.1, -0.05) is 76.6 Å². The van der Waals surface area contributed by atoms with E-state index in [1.807, 2.05) is 60.7 Å². The maximum absolute atomic E-state index is 13.0. The van der Waals surface area contributed by atoms with Crippen molar-refractivity contribution >= 4 is 33.7 Å². The van der Waals surface area contributed by atoms with Gasteiger partial charge in [-0.05, 0) is 59.7 Å². The number of ether oxygens (including phenoxy) is 2. The van der Waals surface area contributed by atoms with Crippen molar-refractivity contribution in [1.29, 1.82) is 0 Å². The van der Waals surface area contributed by atoms with Gasteiger partial charge in [0.25, 0.3) is 0 Å². The molecule has 4 aromatic rings. The number of esters is 2. The molecule has 0 unspecified atom stereocenters. The summed E-state index contributed by atoms with van der Waals surface area (Å²) < 4.78 is 11.6. The summed E-state index contributed by atoms with van der Waals surface area (Å²) in [6.07, 6.45) is 0. The van der Waals surface area contributed by atoms with E-state index in [2.05, 4.69) is 15.9 Å². The Hall–Kier alpha value is -4.03. The SMILES string of the molecule is O=C(COC(=O)C(c1ccccc1)c1ccccc1)c1ccc(OC(=O)c2ccc(Br)cc2)cc1. The molecule has 6 heteroatoms. The Morgan fingerprint density at radius 2 is 1.17 bits per heavy atom. The van der Waals surface area contributed by atoms with Crippen molar-refractivity contribution in [3.63, 3.8) is 0 Å². The van der Waals surface area contributed by atoms with Crippen molar-refractivity contribution < 1.29 is 23.9 Å². The summed E-state index contributed by atoms with van der Waals surface area (Å²) in [5.41, 5.74) is 2.32. The van der Waals surface area contributed by atoms with Gasteiger partial charge in [-0.2, -0.15) is 0 Å². The van der Waals surface area contributed by atoms with Gasteiger partial charge in [0.1, 0.15) is 11.7 Å². The second kappa shape index (κ2) is 11.4. The third-order valence-electron chi connectivity index (χ3n) is 5.31. The zero-order valence-corrected chi connectivity index (χ0v) is 20.2. The van der Waals surface area contributed by atoms with E-state index in [1.54, 1.807) is 24.3 Å². The molecule has 0 amide bonds. The highest BCUT2D eigenvalue weighted by Gasteiger charge is 2.25. The molecule has 0 aliphatic heterocycles. The molecule has 0 atom stereocenters. The van der Waals surface area contributed by atoms with Crippen LogP contribution in [-0.4, -0.2) is 24.3 Å². The summed E-state index contributed by atoms with van der Waals surface area (Å²) in [6.45, 7) is -0.396. The minimum absolute atomic E-state index is 0.305. The van der Waals surface area contributed by atoms with Gasteiger partial charge in [0.05, 0.1) is 5.56 Å². The maximum atomic E-state index is 13.0. The number of rotatable bonds is 8. The van der Waals surface area contributed by atoms with Gasteiger partial charge < -0.3 is 9.47 Å². The van der Waals surface area contributed by atoms with E-state index in [0.717, 1.165) is 15.6 Å². The van der Waals surface area contributed by atoms with Crippen molar-refractivity contribution in [3.8, 4) is 5.75 Å². The van der Waals surface area contributed by atoms with Crippen LogP contribution in [-0.2, 0) is 9.53 Å². The van der Waals surface area contributed by atoms with Gasteiger partial charge in [0, 0.05) is 10.0 Å². The van der Waals surface area contributed by atoms with E-state index < -0.39 is 24.5 Å². The Kier molecular flexibility index (Phi) is 7.85. The Morgan fingerprint density at radius 1 is 0.657 bits per heavy atom. The Morgan fingerprint density at radius 3 is 1.71 bits per heavy atom. The summed E-state index contributed by atoms with van der Waals surface area (Å²) in [6, 6.07) is 31.5. The summed E-state index contributed by atoms with van der Waals surface area (Å²) in [7, 11) is 0. The average molecular weight is 529 g/mol. The number of hydrogen-bond donors (Lipinski definition) is 0. The van der Waals surface area contributed by atoms with Gasteiger partial charge in [-0.25, -0.2) is 4.79 Å². The largest absolute Gasteiger partial charge is 0.457 e. The summed E-state index contributed by atoms with van der Waals surface area (Å²) >= 11 is 3.32. The summed E-state index contributed by atoms with van der Waals surface area (Å²) in [5.74, 6) is -1.69. The number of ketones is 1.